The third kappa shape index (κ3) is 3.66. The van der Waals surface area contributed by atoms with Crippen LogP contribution in [0.4, 0.5) is 10.1 Å². The maximum atomic E-state index is 13.3. The summed E-state index contributed by atoms with van der Waals surface area (Å²) in [6.07, 6.45) is 1.04. The number of hydrogen-bond donors (Lipinski definition) is 1. The number of hydrazone groups is 1. The Labute approximate surface area is 185 Å². The number of rotatable bonds is 4. The summed E-state index contributed by atoms with van der Waals surface area (Å²) in [7, 11) is 0. The Kier molecular flexibility index (Phi) is 5.59. The lowest BCUT2D eigenvalue weighted by Gasteiger charge is -2.21. The van der Waals surface area contributed by atoms with Crippen molar-refractivity contribution in [3.8, 4) is 17.8 Å². The summed E-state index contributed by atoms with van der Waals surface area (Å²) in [6.45, 7) is 3.87. The molecular formula is C25H21FN6. The Morgan fingerprint density at radius 2 is 1.75 bits per heavy atom. The molecule has 3 aromatic rings. The highest BCUT2D eigenvalue weighted by Gasteiger charge is 2.37. The van der Waals surface area contributed by atoms with Crippen LogP contribution in [0.2, 0.25) is 0 Å². The van der Waals surface area contributed by atoms with E-state index in [0.29, 0.717) is 5.71 Å². The molecule has 0 radical (unpaired) electrons. The number of hydrogen-bond acceptors (Lipinski definition) is 5. The van der Waals surface area contributed by atoms with Crippen LogP contribution in [0.15, 0.2) is 71.3 Å². The van der Waals surface area contributed by atoms with Crippen molar-refractivity contribution in [1.82, 2.24) is 4.57 Å². The highest BCUT2D eigenvalue weighted by molar-refractivity contribution is 6.11. The number of nitrogens with zero attached hydrogens (tertiary/aromatic N) is 5. The van der Waals surface area contributed by atoms with Gasteiger partial charge in [-0.05, 0) is 68.0 Å². The fraction of sp³-hybridized carbons (Fsp3) is 0.160. The molecule has 1 aliphatic rings. The average Bonchev–Trinajstić information content (AvgIpc) is 3.28. The van der Waals surface area contributed by atoms with Crippen LogP contribution in [-0.2, 0) is 0 Å². The zero-order valence-corrected chi connectivity index (χ0v) is 17.7. The molecule has 2 heterocycles. The largest absolute Gasteiger partial charge is 0.318 e. The number of benzene rings is 2. The van der Waals surface area contributed by atoms with Gasteiger partial charge < -0.3 is 10.3 Å². The quantitative estimate of drug-likeness (QED) is 0.627. The number of aromatic nitrogens is 1. The number of para-hydroxylation sites is 1. The third-order valence-electron chi connectivity index (χ3n) is 5.55. The predicted octanol–water partition coefficient (Wildman–Crippen LogP) is 4.44. The zero-order chi connectivity index (χ0) is 22.8. The molecule has 0 fully saturated rings. The summed E-state index contributed by atoms with van der Waals surface area (Å²) >= 11 is 0. The second kappa shape index (κ2) is 8.50. The first kappa shape index (κ1) is 21.0. The highest BCUT2D eigenvalue weighted by atomic mass is 19.1. The van der Waals surface area contributed by atoms with Crippen LogP contribution < -0.4 is 10.7 Å². The molecule has 1 aromatic heterocycles. The first-order valence-electron chi connectivity index (χ1n) is 10.1. The second-order valence-corrected chi connectivity index (χ2v) is 7.57. The van der Waals surface area contributed by atoms with Crippen LogP contribution in [0, 0.1) is 48.2 Å². The van der Waals surface area contributed by atoms with Gasteiger partial charge in [-0.1, -0.05) is 18.2 Å². The number of halogens is 1. The zero-order valence-electron chi connectivity index (χ0n) is 17.7. The Balaban J connectivity index is 1.76. The number of aryl methyl sites for hydroxylation is 1. The molecule has 0 spiro atoms. The summed E-state index contributed by atoms with van der Waals surface area (Å²) in [5.41, 5.74) is 11.1. The van der Waals surface area contributed by atoms with Gasteiger partial charge in [0, 0.05) is 17.1 Å². The van der Waals surface area contributed by atoms with Crippen molar-refractivity contribution in [3.05, 3.63) is 89.0 Å². The molecule has 0 saturated carbocycles. The summed E-state index contributed by atoms with van der Waals surface area (Å²) in [5, 5.41) is 25.8. The van der Waals surface area contributed by atoms with Gasteiger partial charge in [-0.15, -0.1) is 0 Å². The van der Waals surface area contributed by atoms with E-state index in [0.717, 1.165) is 28.3 Å². The van der Waals surface area contributed by atoms with Gasteiger partial charge in [0.05, 0.1) is 23.0 Å². The van der Waals surface area contributed by atoms with Crippen LogP contribution in [0.1, 0.15) is 17.0 Å². The van der Waals surface area contributed by atoms with Gasteiger partial charge >= 0.3 is 0 Å². The molecule has 32 heavy (non-hydrogen) atoms. The van der Waals surface area contributed by atoms with Gasteiger partial charge in [-0.2, -0.15) is 15.6 Å². The Bertz CT molecular complexity index is 1290. The van der Waals surface area contributed by atoms with Crippen LogP contribution in [0.25, 0.3) is 11.8 Å². The molecule has 2 N–H and O–H groups in total. The lowest BCUT2D eigenvalue weighted by Crippen LogP contribution is -2.40. The van der Waals surface area contributed by atoms with E-state index in [9.17, 15) is 14.9 Å². The Morgan fingerprint density at radius 3 is 2.38 bits per heavy atom. The van der Waals surface area contributed by atoms with E-state index in [4.69, 9.17) is 5.73 Å². The number of allylic oxidation sites excluding steroid dienone is 1. The predicted molar refractivity (Wildman–Crippen MR) is 122 cm³/mol. The van der Waals surface area contributed by atoms with Crippen molar-refractivity contribution >= 4 is 17.5 Å². The van der Waals surface area contributed by atoms with Gasteiger partial charge in [0.25, 0.3) is 0 Å². The molecule has 0 amide bonds. The van der Waals surface area contributed by atoms with E-state index in [1.54, 1.807) is 23.2 Å². The van der Waals surface area contributed by atoms with Gasteiger partial charge in [0.2, 0.25) is 0 Å². The standard InChI is InChI=1S/C25H21FN6/c1-16-12-18(17(2)31(16)21-10-8-20(26)9-11-21)13-19(14-27)24-23(15-28)25(29)32(30-24)22-6-4-3-5-7-22/h3-13,23,25H,29H2,1-2H3/b19-13-/t23-,25+/m1/s1. The monoisotopic (exact) mass is 424 g/mol. The van der Waals surface area contributed by atoms with Crippen molar-refractivity contribution in [2.75, 3.05) is 5.01 Å². The molecule has 158 valence electrons. The van der Waals surface area contributed by atoms with Crippen LogP contribution in [0.5, 0.6) is 0 Å². The summed E-state index contributed by atoms with van der Waals surface area (Å²) in [6, 6.07) is 21.9. The molecule has 0 bridgehead atoms. The summed E-state index contributed by atoms with van der Waals surface area (Å²) in [5.74, 6) is -1.05. The molecule has 2 atom stereocenters. The van der Waals surface area contributed by atoms with Crippen molar-refractivity contribution in [2.24, 2.45) is 16.8 Å². The van der Waals surface area contributed by atoms with Gasteiger partial charge in [-0.25, -0.2) is 9.40 Å². The fourth-order valence-corrected chi connectivity index (χ4v) is 3.96. The van der Waals surface area contributed by atoms with E-state index >= 15 is 0 Å². The minimum absolute atomic E-state index is 0.282. The molecule has 7 heteroatoms. The van der Waals surface area contributed by atoms with E-state index in [-0.39, 0.29) is 11.4 Å². The first-order chi connectivity index (χ1) is 15.4. The third-order valence-corrected chi connectivity index (χ3v) is 5.55. The summed E-state index contributed by atoms with van der Waals surface area (Å²) in [4.78, 5) is 0. The molecule has 1 aliphatic heterocycles. The Hall–Kier alpha value is -4.20. The summed E-state index contributed by atoms with van der Waals surface area (Å²) < 4.78 is 15.3. The number of nitrogens with two attached hydrogens (primary N) is 1. The minimum Gasteiger partial charge on any atom is -0.318 e. The van der Waals surface area contributed by atoms with Gasteiger partial charge in [0.1, 0.15) is 24.0 Å². The molecule has 2 aromatic carbocycles. The normalized spacial score (nSPS) is 18.2. The van der Waals surface area contributed by atoms with Crippen molar-refractivity contribution in [1.29, 1.82) is 10.5 Å². The highest BCUT2D eigenvalue weighted by Crippen LogP contribution is 2.30. The molecule has 0 aliphatic carbocycles. The molecule has 6 nitrogen and oxygen atoms in total. The van der Waals surface area contributed by atoms with Gasteiger partial charge in [-0.3, -0.25) is 0 Å². The number of nitriles is 2. The minimum atomic E-state index is -0.748. The molecule has 0 unspecified atom stereocenters. The SMILES string of the molecule is Cc1cc(/C=C(/C#N)C2=NN(c3ccccc3)[C@H](N)[C@@H]2C#N)c(C)n1-c1ccc(F)cc1. The fourth-order valence-electron chi connectivity index (χ4n) is 3.96. The van der Waals surface area contributed by atoms with E-state index in [1.807, 2.05) is 54.8 Å². The smallest absolute Gasteiger partial charge is 0.127 e. The maximum Gasteiger partial charge on any atom is 0.127 e. The van der Waals surface area contributed by atoms with Crippen molar-refractivity contribution in [2.45, 2.75) is 20.0 Å². The molecular weight excluding hydrogens is 403 g/mol. The lowest BCUT2D eigenvalue weighted by atomic mass is 9.95. The van der Waals surface area contributed by atoms with E-state index < -0.39 is 12.1 Å². The first-order valence-corrected chi connectivity index (χ1v) is 10.1. The molecule has 0 saturated heterocycles. The van der Waals surface area contributed by atoms with Crippen molar-refractivity contribution in [3.63, 3.8) is 0 Å². The average molecular weight is 424 g/mol. The van der Waals surface area contributed by atoms with E-state index in [2.05, 4.69) is 17.2 Å². The van der Waals surface area contributed by atoms with Crippen LogP contribution in [0.3, 0.4) is 0 Å². The molecule has 4 rings (SSSR count). The topological polar surface area (TPSA) is 94.1 Å². The lowest BCUT2D eigenvalue weighted by molar-refractivity contribution is 0.624. The maximum absolute atomic E-state index is 13.3. The van der Waals surface area contributed by atoms with Crippen LogP contribution >= 0.6 is 0 Å². The van der Waals surface area contributed by atoms with E-state index in [1.165, 1.54) is 12.1 Å². The Morgan fingerprint density at radius 1 is 1.06 bits per heavy atom. The van der Waals surface area contributed by atoms with Crippen molar-refractivity contribution < 1.29 is 4.39 Å². The van der Waals surface area contributed by atoms with Gasteiger partial charge in [0.15, 0.2) is 0 Å². The number of anilines is 1. The van der Waals surface area contributed by atoms with Crippen LogP contribution in [-0.4, -0.2) is 16.4 Å². The second-order valence-electron chi connectivity index (χ2n) is 7.57.